The zero-order chi connectivity index (χ0) is 14.0. The molecule has 0 amide bonds. The van der Waals surface area contributed by atoms with E-state index >= 15 is 0 Å². The van der Waals surface area contributed by atoms with Crippen LogP contribution in [-0.4, -0.2) is 23.6 Å². The van der Waals surface area contributed by atoms with Gasteiger partial charge in [-0.3, -0.25) is 0 Å². The Bertz CT molecular complexity index is 451. The molecule has 0 radical (unpaired) electrons. The van der Waals surface area contributed by atoms with Gasteiger partial charge in [0.15, 0.2) is 5.79 Å². The average molecular weight is 276 g/mol. The third-order valence-corrected chi connectivity index (χ3v) is 4.58. The third-order valence-electron chi connectivity index (χ3n) is 4.58. The molecular formula is C17H24O3. The second-order valence-corrected chi connectivity index (χ2v) is 5.90. The van der Waals surface area contributed by atoms with Gasteiger partial charge >= 0.3 is 0 Å². The van der Waals surface area contributed by atoms with Crippen LogP contribution >= 0.6 is 0 Å². The van der Waals surface area contributed by atoms with Crippen molar-refractivity contribution in [1.82, 2.24) is 0 Å². The number of ether oxygens (including phenoxy) is 2. The molecule has 3 heteroatoms. The quantitative estimate of drug-likeness (QED) is 0.920. The van der Waals surface area contributed by atoms with Crippen molar-refractivity contribution in [2.24, 2.45) is 0 Å². The van der Waals surface area contributed by atoms with Crippen LogP contribution in [0.5, 0.6) is 0 Å². The van der Waals surface area contributed by atoms with Gasteiger partial charge in [0.25, 0.3) is 0 Å². The molecule has 1 N–H and O–H groups in total. The minimum atomic E-state index is -0.447. The van der Waals surface area contributed by atoms with E-state index in [-0.39, 0.29) is 18.8 Å². The monoisotopic (exact) mass is 276 g/mol. The Morgan fingerprint density at radius 3 is 2.60 bits per heavy atom. The van der Waals surface area contributed by atoms with Crippen LogP contribution < -0.4 is 0 Å². The van der Waals surface area contributed by atoms with Gasteiger partial charge in [-0.2, -0.15) is 0 Å². The summed E-state index contributed by atoms with van der Waals surface area (Å²) in [7, 11) is 0. The number of aryl methyl sites for hydroxylation is 1. The summed E-state index contributed by atoms with van der Waals surface area (Å²) in [5.41, 5.74) is 2.46. The van der Waals surface area contributed by atoms with Crippen LogP contribution in [0.1, 0.15) is 56.3 Å². The van der Waals surface area contributed by atoms with Crippen molar-refractivity contribution in [3.05, 3.63) is 35.4 Å². The highest BCUT2D eigenvalue weighted by molar-refractivity contribution is 5.30. The van der Waals surface area contributed by atoms with E-state index in [1.807, 2.05) is 6.07 Å². The van der Waals surface area contributed by atoms with Gasteiger partial charge in [-0.25, -0.2) is 0 Å². The molecule has 1 aromatic carbocycles. The molecule has 2 fully saturated rings. The van der Waals surface area contributed by atoms with Crippen LogP contribution in [0.15, 0.2) is 24.3 Å². The Labute approximate surface area is 120 Å². The summed E-state index contributed by atoms with van der Waals surface area (Å²) in [6, 6.07) is 8.34. The Morgan fingerprint density at radius 1 is 1.15 bits per heavy atom. The molecule has 1 saturated heterocycles. The van der Waals surface area contributed by atoms with Crippen molar-refractivity contribution in [3.8, 4) is 0 Å². The Kier molecular flexibility index (Phi) is 4.11. The average Bonchev–Trinajstić information content (AvgIpc) is 2.86. The van der Waals surface area contributed by atoms with E-state index in [9.17, 15) is 5.11 Å². The highest BCUT2D eigenvalue weighted by Crippen LogP contribution is 2.46. The molecule has 1 aromatic rings. The first-order valence-corrected chi connectivity index (χ1v) is 7.82. The first-order chi connectivity index (χ1) is 9.78. The number of aliphatic hydroxyl groups excluding tert-OH is 1. The highest BCUT2D eigenvalue weighted by Gasteiger charge is 2.48. The number of hydrogen-bond donors (Lipinski definition) is 1. The maximum Gasteiger partial charge on any atom is 0.169 e. The Balaban J connectivity index is 1.88. The summed E-state index contributed by atoms with van der Waals surface area (Å²) in [5, 5.41) is 9.67. The topological polar surface area (TPSA) is 38.7 Å². The maximum absolute atomic E-state index is 9.67. The van der Waals surface area contributed by atoms with Gasteiger partial charge in [0, 0.05) is 12.8 Å². The number of rotatable bonds is 3. The molecule has 110 valence electrons. The molecule has 1 aliphatic heterocycles. The van der Waals surface area contributed by atoms with E-state index < -0.39 is 5.79 Å². The molecule has 0 bridgehead atoms. The van der Waals surface area contributed by atoms with Crippen molar-refractivity contribution in [1.29, 1.82) is 0 Å². The summed E-state index contributed by atoms with van der Waals surface area (Å²) in [4.78, 5) is 0. The molecule has 2 unspecified atom stereocenters. The van der Waals surface area contributed by atoms with Crippen molar-refractivity contribution >= 4 is 0 Å². The van der Waals surface area contributed by atoms with Gasteiger partial charge in [0.05, 0.1) is 6.61 Å². The zero-order valence-corrected chi connectivity index (χ0v) is 12.2. The number of aliphatic hydroxyl groups is 1. The van der Waals surface area contributed by atoms with Crippen LogP contribution in [-0.2, 0) is 15.9 Å². The zero-order valence-electron chi connectivity index (χ0n) is 12.2. The minimum absolute atomic E-state index is 0.0183. The fourth-order valence-corrected chi connectivity index (χ4v) is 3.53. The van der Waals surface area contributed by atoms with Crippen molar-refractivity contribution in [3.63, 3.8) is 0 Å². The van der Waals surface area contributed by atoms with Gasteiger partial charge in [0.2, 0.25) is 0 Å². The molecule has 0 aromatic heterocycles. The summed E-state index contributed by atoms with van der Waals surface area (Å²) in [6.07, 6.45) is 6.08. The molecule has 3 rings (SSSR count). The summed E-state index contributed by atoms with van der Waals surface area (Å²) < 4.78 is 12.5. The van der Waals surface area contributed by atoms with E-state index in [1.54, 1.807) is 0 Å². The standard InChI is InChI=1S/C17H24O3/c1-2-13-8-4-5-9-14(13)16-15(12-18)19-17(20-16)10-6-3-7-11-17/h4-5,8-9,15-16,18H,2-3,6-7,10-12H2,1H3. The van der Waals surface area contributed by atoms with E-state index in [2.05, 4.69) is 25.1 Å². The summed E-state index contributed by atoms with van der Waals surface area (Å²) >= 11 is 0. The van der Waals surface area contributed by atoms with Crippen LogP contribution in [0.25, 0.3) is 0 Å². The Morgan fingerprint density at radius 2 is 1.90 bits per heavy atom. The third kappa shape index (κ3) is 2.50. The predicted octanol–water partition coefficient (Wildman–Crippen LogP) is 3.36. The van der Waals surface area contributed by atoms with Crippen LogP contribution in [0.3, 0.4) is 0 Å². The fraction of sp³-hybridized carbons (Fsp3) is 0.647. The molecule has 2 aliphatic rings. The molecular weight excluding hydrogens is 252 g/mol. The van der Waals surface area contributed by atoms with Gasteiger partial charge < -0.3 is 14.6 Å². The SMILES string of the molecule is CCc1ccccc1C1OC2(CCCCC2)OC1CO. The molecule has 20 heavy (non-hydrogen) atoms. The second kappa shape index (κ2) is 5.84. The van der Waals surface area contributed by atoms with Gasteiger partial charge in [-0.1, -0.05) is 37.6 Å². The largest absolute Gasteiger partial charge is 0.394 e. The van der Waals surface area contributed by atoms with E-state index in [0.29, 0.717) is 0 Å². The lowest BCUT2D eigenvalue weighted by molar-refractivity contribution is -0.196. The highest BCUT2D eigenvalue weighted by atomic mass is 16.8. The normalized spacial score (nSPS) is 28.9. The maximum atomic E-state index is 9.67. The molecule has 3 nitrogen and oxygen atoms in total. The van der Waals surface area contributed by atoms with Gasteiger partial charge in [-0.15, -0.1) is 0 Å². The number of benzene rings is 1. The van der Waals surface area contributed by atoms with Crippen molar-refractivity contribution < 1.29 is 14.6 Å². The van der Waals surface area contributed by atoms with Crippen molar-refractivity contribution in [2.45, 2.75) is 63.4 Å². The summed E-state index contributed by atoms with van der Waals surface area (Å²) in [5.74, 6) is -0.447. The predicted molar refractivity (Wildman–Crippen MR) is 77.4 cm³/mol. The van der Waals surface area contributed by atoms with Crippen LogP contribution in [0.4, 0.5) is 0 Å². The smallest absolute Gasteiger partial charge is 0.169 e. The van der Waals surface area contributed by atoms with Crippen LogP contribution in [0, 0.1) is 0 Å². The van der Waals surface area contributed by atoms with Crippen LogP contribution in [0.2, 0.25) is 0 Å². The number of hydrogen-bond acceptors (Lipinski definition) is 3. The van der Waals surface area contributed by atoms with E-state index in [4.69, 9.17) is 9.47 Å². The second-order valence-electron chi connectivity index (χ2n) is 5.90. The van der Waals surface area contributed by atoms with E-state index in [0.717, 1.165) is 32.1 Å². The van der Waals surface area contributed by atoms with Gasteiger partial charge in [-0.05, 0) is 30.4 Å². The molecule has 1 spiro atoms. The molecule has 1 saturated carbocycles. The minimum Gasteiger partial charge on any atom is -0.394 e. The lowest BCUT2D eigenvalue weighted by atomic mass is 9.94. The molecule has 1 heterocycles. The first kappa shape index (κ1) is 14.1. The van der Waals surface area contributed by atoms with Gasteiger partial charge in [0.1, 0.15) is 12.2 Å². The molecule has 1 aliphatic carbocycles. The van der Waals surface area contributed by atoms with E-state index in [1.165, 1.54) is 17.5 Å². The molecule has 2 atom stereocenters. The summed E-state index contributed by atoms with van der Waals surface area (Å²) in [6.45, 7) is 2.17. The Hall–Kier alpha value is -0.900. The lowest BCUT2D eigenvalue weighted by Gasteiger charge is -2.32. The lowest BCUT2D eigenvalue weighted by Crippen LogP contribution is -2.33. The fourth-order valence-electron chi connectivity index (χ4n) is 3.53. The van der Waals surface area contributed by atoms with Crippen molar-refractivity contribution in [2.75, 3.05) is 6.61 Å². The first-order valence-electron chi connectivity index (χ1n) is 7.82.